The molecule has 0 saturated carbocycles. The zero-order chi connectivity index (χ0) is 21.1. The first-order valence-electron chi connectivity index (χ1n) is 9.18. The van der Waals surface area contributed by atoms with Crippen LogP contribution in [-0.2, 0) is 19.6 Å². The van der Waals surface area contributed by atoms with Gasteiger partial charge in [-0.3, -0.25) is 14.9 Å². The minimum Gasteiger partial charge on any atom is -0.466 e. The minimum absolute atomic E-state index is 0.170. The molecule has 9 nitrogen and oxygen atoms in total. The predicted molar refractivity (Wildman–Crippen MR) is 105 cm³/mol. The molecule has 28 heavy (non-hydrogen) atoms. The molecule has 1 atom stereocenters. The Bertz CT molecular complexity index is 847. The number of benzene rings is 1. The maximum Gasteiger partial charge on any atom is 0.310 e. The van der Waals surface area contributed by atoms with E-state index in [1.807, 2.05) is 0 Å². The number of anilines is 1. The normalized spacial score (nSPS) is 18.0. The monoisotopic (exact) mass is 413 g/mol. The van der Waals surface area contributed by atoms with Crippen molar-refractivity contribution in [2.24, 2.45) is 5.92 Å². The van der Waals surface area contributed by atoms with Gasteiger partial charge in [-0.05, 0) is 52.7 Å². The summed E-state index contributed by atoms with van der Waals surface area (Å²) in [5, 5.41) is 11.6. The fraction of sp³-hybridized carbons (Fsp3) is 0.611. The van der Waals surface area contributed by atoms with Gasteiger partial charge < -0.3 is 9.64 Å². The topological polar surface area (TPSA) is 119 Å². The van der Waals surface area contributed by atoms with E-state index < -0.39 is 20.5 Å². The van der Waals surface area contributed by atoms with Gasteiger partial charge in [0.05, 0.1) is 22.3 Å². The summed E-state index contributed by atoms with van der Waals surface area (Å²) in [6.45, 7) is 7.93. The number of carbonyl (C=O) groups is 1. The van der Waals surface area contributed by atoms with E-state index in [2.05, 4.69) is 4.72 Å². The van der Waals surface area contributed by atoms with Gasteiger partial charge in [0.2, 0.25) is 10.0 Å². The number of hydrogen-bond acceptors (Lipinski definition) is 7. The van der Waals surface area contributed by atoms with Gasteiger partial charge in [-0.1, -0.05) is 0 Å². The first kappa shape index (κ1) is 22.1. The van der Waals surface area contributed by atoms with Crippen molar-refractivity contribution in [1.29, 1.82) is 0 Å². The first-order chi connectivity index (χ1) is 12.9. The van der Waals surface area contributed by atoms with E-state index in [1.165, 1.54) is 12.1 Å². The highest BCUT2D eigenvalue weighted by atomic mass is 32.2. The van der Waals surface area contributed by atoms with Gasteiger partial charge in [0.15, 0.2) is 0 Å². The van der Waals surface area contributed by atoms with Crippen LogP contribution in [0.15, 0.2) is 23.1 Å². The fourth-order valence-electron chi connectivity index (χ4n) is 3.19. The number of rotatable bonds is 6. The molecule has 1 aliphatic rings. The molecule has 1 N–H and O–H groups in total. The van der Waals surface area contributed by atoms with Gasteiger partial charge in [-0.25, -0.2) is 13.1 Å². The van der Waals surface area contributed by atoms with Crippen LogP contribution in [0.2, 0.25) is 0 Å². The smallest absolute Gasteiger partial charge is 0.310 e. The highest BCUT2D eigenvalue weighted by molar-refractivity contribution is 7.89. The molecule has 0 bridgehead atoms. The largest absolute Gasteiger partial charge is 0.466 e. The molecule has 0 spiro atoms. The van der Waals surface area contributed by atoms with Crippen LogP contribution in [0.25, 0.3) is 0 Å². The van der Waals surface area contributed by atoms with E-state index in [-0.39, 0.29) is 29.1 Å². The van der Waals surface area contributed by atoms with E-state index in [1.54, 1.807) is 32.6 Å². The molecular weight excluding hydrogens is 386 g/mol. The predicted octanol–water partition coefficient (Wildman–Crippen LogP) is 2.45. The van der Waals surface area contributed by atoms with Gasteiger partial charge in [0.1, 0.15) is 5.69 Å². The average Bonchev–Trinajstić information content (AvgIpc) is 2.59. The lowest BCUT2D eigenvalue weighted by Crippen LogP contribution is -2.41. The highest BCUT2D eigenvalue weighted by Gasteiger charge is 2.31. The number of nitrogens with one attached hydrogen (secondary N) is 1. The summed E-state index contributed by atoms with van der Waals surface area (Å²) < 4.78 is 32.6. The zero-order valence-electron chi connectivity index (χ0n) is 16.6. The Hall–Kier alpha value is -2.20. The molecule has 0 amide bonds. The van der Waals surface area contributed by atoms with E-state index in [0.29, 0.717) is 31.6 Å². The maximum atomic E-state index is 12.5. The number of piperidine rings is 1. The second-order valence-corrected chi connectivity index (χ2v) is 9.48. The van der Waals surface area contributed by atoms with E-state index in [4.69, 9.17) is 4.74 Å². The number of nitro groups is 1. The van der Waals surface area contributed by atoms with Crippen molar-refractivity contribution in [2.75, 3.05) is 24.6 Å². The molecule has 2 rings (SSSR count). The van der Waals surface area contributed by atoms with Crippen LogP contribution in [0.3, 0.4) is 0 Å². The average molecular weight is 413 g/mol. The Morgan fingerprint density at radius 1 is 1.39 bits per heavy atom. The molecule has 10 heteroatoms. The van der Waals surface area contributed by atoms with Crippen molar-refractivity contribution >= 4 is 27.4 Å². The molecule has 0 aliphatic carbocycles. The minimum atomic E-state index is -3.90. The number of nitrogens with zero attached hydrogens (tertiary/aromatic N) is 2. The van der Waals surface area contributed by atoms with Crippen molar-refractivity contribution in [3.05, 3.63) is 28.3 Å². The van der Waals surface area contributed by atoms with Gasteiger partial charge >= 0.3 is 5.97 Å². The van der Waals surface area contributed by atoms with Crippen molar-refractivity contribution in [3.63, 3.8) is 0 Å². The quantitative estimate of drug-likeness (QED) is 0.432. The van der Waals surface area contributed by atoms with Crippen molar-refractivity contribution < 1.29 is 22.9 Å². The molecule has 0 radical (unpaired) electrons. The van der Waals surface area contributed by atoms with Crippen LogP contribution >= 0.6 is 0 Å². The number of hydrogen-bond donors (Lipinski definition) is 1. The third-order valence-electron chi connectivity index (χ3n) is 4.28. The van der Waals surface area contributed by atoms with Crippen LogP contribution in [-0.4, -0.2) is 44.5 Å². The standard InChI is InChI=1S/C18H27N3O6S/c1-5-27-17(22)13-7-6-10-20(12-13)15-9-8-14(11-16(15)21(23)24)28(25,26)19-18(2,3)4/h8-9,11,13,19H,5-7,10,12H2,1-4H3/t13-/m1/s1. The first-order valence-corrected chi connectivity index (χ1v) is 10.7. The number of carbonyl (C=O) groups excluding carboxylic acids is 1. The Morgan fingerprint density at radius 3 is 2.64 bits per heavy atom. The molecule has 156 valence electrons. The summed E-state index contributed by atoms with van der Waals surface area (Å²) in [7, 11) is -3.90. The molecule has 0 unspecified atom stereocenters. The lowest BCUT2D eigenvalue weighted by molar-refractivity contribution is -0.384. The fourth-order valence-corrected chi connectivity index (χ4v) is 4.63. The van der Waals surface area contributed by atoms with Crippen LogP contribution < -0.4 is 9.62 Å². The Labute approximate surface area is 165 Å². The summed E-state index contributed by atoms with van der Waals surface area (Å²) in [6.07, 6.45) is 1.34. The maximum absolute atomic E-state index is 12.5. The van der Waals surface area contributed by atoms with Crippen molar-refractivity contribution in [1.82, 2.24) is 4.72 Å². The van der Waals surface area contributed by atoms with Gasteiger partial charge in [0, 0.05) is 24.7 Å². The Morgan fingerprint density at radius 2 is 2.07 bits per heavy atom. The van der Waals surface area contributed by atoms with Crippen LogP contribution in [0, 0.1) is 16.0 Å². The number of ether oxygens (including phenoxy) is 1. The van der Waals surface area contributed by atoms with Crippen LogP contribution in [0.1, 0.15) is 40.5 Å². The van der Waals surface area contributed by atoms with E-state index >= 15 is 0 Å². The lowest BCUT2D eigenvalue weighted by Gasteiger charge is -2.33. The molecular formula is C18H27N3O6S. The molecule has 1 heterocycles. The van der Waals surface area contributed by atoms with Gasteiger partial charge in [-0.15, -0.1) is 0 Å². The third kappa shape index (κ3) is 5.41. The summed E-state index contributed by atoms with van der Waals surface area (Å²) in [5.41, 5.74) is -0.721. The van der Waals surface area contributed by atoms with Crippen LogP contribution in [0.5, 0.6) is 0 Å². The third-order valence-corrected chi connectivity index (χ3v) is 6.03. The second-order valence-electron chi connectivity index (χ2n) is 7.80. The molecule has 1 aromatic carbocycles. The zero-order valence-corrected chi connectivity index (χ0v) is 17.4. The molecule has 1 fully saturated rings. The number of sulfonamides is 1. The summed E-state index contributed by atoms with van der Waals surface area (Å²) in [5.74, 6) is -0.678. The highest BCUT2D eigenvalue weighted by Crippen LogP contribution is 2.34. The number of esters is 1. The Kier molecular flexibility index (Phi) is 6.66. The molecule has 0 aromatic heterocycles. The molecule has 1 aromatic rings. The van der Waals surface area contributed by atoms with E-state index in [0.717, 1.165) is 6.07 Å². The summed E-state index contributed by atoms with van der Waals surface area (Å²) >= 11 is 0. The van der Waals surface area contributed by atoms with E-state index in [9.17, 15) is 23.3 Å². The summed E-state index contributed by atoms with van der Waals surface area (Å²) in [4.78, 5) is 24.6. The second kappa shape index (κ2) is 8.44. The van der Waals surface area contributed by atoms with Crippen molar-refractivity contribution in [2.45, 2.75) is 51.0 Å². The Balaban J connectivity index is 2.35. The van der Waals surface area contributed by atoms with Crippen molar-refractivity contribution in [3.8, 4) is 0 Å². The summed E-state index contributed by atoms with van der Waals surface area (Å²) in [6, 6.07) is 3.85. The number of nitro benzene ring substituents is 1. The lowest BCUT2D eigenvalue weighted by atomic mass is 9.97. The van der Waals surface area contributed by atoms with Crippen LogP contribution in [0.4, 0.5) is 11.4 Å². The SMILES string of the molecule is CCOC(=O)[C@@H]1CCCN(c2ccc(S(=O)(=O)NC(C)(C)C)cc2[N+](=O)[O-])C1. The molecule has 1 saturated heterocycles. The van der Waals surface area contributed by atoms with Gasteiger partial charge in [-0.2, -0.15) is 0 Å². The van der Waals surface area contributed by atoms with Gasteiger partial charge in [0.25, 0.3) is 5.69 Å². The molecule has 1 aliphatic heterocycles.